The number of nitrogens with one attached hydrogen (secondary N) is 1. The van der Waals surface area contributed by atoms with E-state index in [2.05, 4.69) is 34.4 Å². The normalized spacial score (nSPS) is 17.9. The Hall–Kier alpha value is -3.43. The number of hydrogen-bond acceptors (Lipinski definition) is 6. The van der Waals surface area contributed by atoms with Gasteiger partial charge in [0, 0.05) is 43.5 Å². The molecule has 8 nitrogen and oxygen atoms in total. The van der Waals surface area contributed by atoms with E-state index in [-0.39, 0.29) is 35.6 Å². The molecule has 2 aliphatic heterocycles. The number of rotatable bonds is 7. The van der Waals surface area contributed by atoms with Crippen LogP contribution in [0.2, 0.25) is 0 Å². The number of sulfonamides is 1. The van der Waals surface area contributed by atoms with Gasteiger partial charge in [0.25, 0.3) is 0 Å². The zero-order valence-electron chi connectivity index (χ0n) is 23.5. The molecule has 1 amide bonds. The maximum Gasteiger partial charge on any atom is 0.248 e. The van der Waals surface area contributed by atoms with Crippen LogP contribution in [0, 0.1) is 25.7 Å². The van der Waals surface area contributed by atoms with Crippen LogP contribution in [0.5, 0.6) is 0 Å². The number of piperidine rings is 2. The smallest absolute Gasteiger partial charge is 0.248 e. The Kier molecular flexibility index (Phi) is 8.42. The monoisotopic (exact) mass is 562 g/mol. The van der Waals surface area contributed by atoms with Gasteiger partial charge in [0.15, 0.2) is 10.7 Å². The number of amides is 1. The predicted molar refractivity (Wildman–Crippen MR) is 159 cm³/mol. The van der Waals surface area contributed by atoms with Gasteiger partial charge in [0.1, 0.15) is 5.69 Å². The van der Waals surface area contributed by atoms with Gasteiger partial charge in [-0.2, -0.15) is 4.31 Å². The van der Waals surface area contributed by atoms with Gasteiger partial charge in [-0.25, -0.2) is 8.42 Å². The molecule has 0 saturated carbocycles. The molecular weight excluding hydrogens is 524 g/mol. The average molecular weight is 563 g/mol. The quantitative estimate of drug-likeness (QED) is 0.395. The predicted octanol–water partition coefficient (Wildman–Crippen LogP) is 5.74. The summed E-state index contributed by atoms with van der Waals surface area (Å²) in [4.78, 5) is 15.5. The van der Waals surface area contributed by atoms with Crippen LogP contribution in [-0.4, -0.2) is 50.0 Å². The minimum Gasteiger partial charge on any atom is -0.372 e. The first kappa shape index (κ1) is 28.1. The fourth-order valence-corrected chi connectivity index (χ4v) is 7.12. The Bertz CT molecular complexity index is 1450. The second kappa shape index (κ2) is 12.0. The van der Waals surface area contributed by atoms with Crippen LogP contribution < -0.4 is 10.2 Å². The van der Waals surface area contributed by atoms with Crippen LogP contribution in [0.15, 0.2) is 57.9 Å². The van der Waals surface area contributed by atoms with Crippen LogP contribution in [0.4, 0.5) is 11.4 Å². The maximum absolute atomic E-state index is 13.6. The third-order valence-corrected chi connectivity index (χ3v) is 10.1. The largest absolute Gasteiger partial charge is 0.372 e. The van der Waals surface area contributed by atoms with Gasteiger partial charge in [0.05, 0.1) is 0 Å². The van der Waals surface area contributed by atoms with Gasteiger partial charge < -0.3 is 14.7 Å². The molecule has 5 rings (SSSR count). The highest BCUT2D eigenvalue weighted by Gasteiger charge is 2.36. The zero-order chi connectivity index (χ0) is 28.3. The first-order valence-electron chi connectivity index (χ1n) is 14.1. The first-order chi connectivity index (χ1) is 19.2. The Morgan fingerprint density at radius 2 is 1.57 bits per heavy atom. The maximum atomic E-state index is 13.6. The van der Waals surface area contributed by atoms with Crippen LogP contribution in [0.1, 0.15) is 55.2 Å². The van der Waals surface area contributed by atoms with E-state index in [0.29, 0.717) is 18.5 Å². The average Bonchev–Trinajstić information content (AvgIpc) is 3.34. The standard InChI is InChI=1S/C31H38N4O4S/c1-22-4-6-25(7-5-22)8-13-29-30(24(3)33-39-29)40(37,38)35-20-16-26(17-21-35)31(36)32-27-9-11-28(12-10-27)34-18-14-23(2)15-19-34/h4-13,23,26H,14-21H2,1-3H3,(H,32,36). The van der Waals surface area contributed by atoms with Crippen LogP contribution >= 0.6 is 0 Å². The molecular formula is C31H38N4O4S. The second-order valence-corrected chi connectivity index (χ2v) is 13.0. The summed E-state index contributed by atoms with van der Waals surface area (Å²) in [7, 11) is -3.83. The van der Waals surface area contributed by atoms with Crippen molar-refractivity contribution in [1.82, 2.24) is 9.46 Å². The van der Waals surface area contributed by atoms with Crippen LogP contribution in [-0.2, 0) is 14.8 Å². The molecule has 0 atom stereocenters. The third kappa shape index (κ3) is 6.31. The van der Waals surface area contributed by atoms with Gasteiger partial charge >= 0.3 is 0 Å². The van der Waals surface area contributed by atoms with E-state index in [1.165, 1.54) is 22.8 Å². The number of aromatic nitrogens is 1. The topological polar surface area (TPSA) is 95.8 Å². The summed E-state index contributed by atoms with van der Waals surface area (Å²) >= 11 is 0. The molecule has 3 aromatic rings. The van der Waals surface area contributed by atoms with Crippen molar-refractivity contribution < 1.29 is 17.7 Å². The van der Waals surface area contributed by atoms with Gasteiger partial charge in [-0.15, -0.1) is 0 Å². The van der Waals surface area contributed by atoms with E-state index in [1.54, 1.807) is 13.0 Å². The van der Waals surface area contributed by atoms with Crippen molar-refractivity contribution in [2.24, 2.45) is 11.8 Å². The summed E-state index contributed by atoms with van der Waals surface area (Å²) in [6.07, 6.45) is 6.77. The highest BCUT2D eigenvalue weighted by atomic mass is 32.2. The Labute approximate surface area is 237 Å². The molecule has 0 unspecified atom stereocenters. The molecule has 0 bridgehead atoms. The zero-order valence-corrected chi connectivity index (χ0v) is 24.3. The summed E-state index contributed by atoms with van der Waals surface area (Å²) in [5.74, 6) is 0.665. The molecule has 40 heavy (non-hydrogen) atoms. The highest BCUT2D eigenvalue weighted by molar-refractivity contribution is 7.89. The molecule has 2 aromatic carbocycles. The molecule has 1 aromatic heterocycles. The summed E-state index contributed by atoms with van der Waals surface area (Å²) in [5.41, 5.74) is 4.35. The van der Waals surface area contributed by atoms with Crippen LogP contribution in [0.25, 0.3) is 12.2 Å². The molecule has 212 valence electrons. The fraction of sp³-hybridized carbons (Fsp3) is 0.419. The van der Waals surface area contributed by atoms with Crippen molar-refractivity contribution in [2.45, 2.75) is 51.3 Å². The molecule has 2 saturated heterocycles. The Balaban J connectivity index is 1.19. The molecule has 9 heteroatoms. The lowest BCUT2D eigenvalue weighted by atomic mass is 9.97. The van der Waals surface area contributed by atoms with Gasteiger partial charge in [-0.3, -0.25) is 4.79 Å². The molecule has 2 fully saturated rings. The first-order valence-corrected chi connectivity index (χ1v) is 15.5. The number of anilines is 2. The molecule has 0 radical (unpaired) electrons. The van der Waals surface area contributed by atoms with Crippen molar-refractivity contribution in [3.8, 4) is 0 Å². The lowest BCUT2D eigenvalue weighted by Crippen LogP contribution is -2.41. The highest BCUT2D eigenvalue weighted by Crippen LogP contribution is 2.30. The second-order valence-electron chi connectivity index (χ2n) is 11.1. The van der Waals surface area contributed by atoms with E-state index < -0.39 is 10.0 Å². The van der Waals surface area contributed by atoms with E-state index >= 15 is 0 Å². The summed E-state index contributed by atoms with van der Waals surface area (Å²) in [6.45, 7) is 8.60. The summed E-state index contributed by atoms with van der Waals surface area (Å²) in [5, 5.41) is 6.96. The Morgan fingerprint density at radius 1 is 0.925 bits per heavy atom. The van der Waals surface area contributed by atoms with Crippen molar-refractivity contribution >= 4 is 39.5 Å². The summed E-state index contributed by atoms with van der Waals surface area (Å²) in [6, 6.07) is 15.9. The molecule has 2 aliphatic rings. The number of carbonyl (C=O) groups excluding carboxylic acids is 1. The lowest BCUT2D eigenvalue weighted by Gasteiger charge is -2.32. The van der Waals surface area contributed by atoms with E-state index in [0.717, 1.165) is 35.8 Å². The van der Waals surface area contributed by atoms with Crippen molar-refractivity contribution in [2.75, 3.05) is 36.4 Å². The van der Waals surface area contributed by atoms with Crippen LogP contribution in [0.3, 0.4) is 0 Å². The molecule has 3 heterocycles. The number of aryl methyl sites for hydroxylation is 2. The van der Waals surface area contributed by atoms with Crippen molar-refractivity contribution in [3.63, 3.8) is 0 Å². The van der Waals surface area contributed by atoms with Gasteiger partial charge in [-0.1, -0.05) is 48.0 Å². The number of benzene rings is 2. The van der Waals surface area contributed by atoms with E-state index in [1.807, 2.05) is 49.4 Å². The third-order valence-electron chi connectivity index (χ3n) is 8.04. The Morgan fingerprint density at radius 3 is 2.23 bits per heavy atom. The number of nitrogens with zero attached hydrogens (tertiary/aromatic N) is 3. The minimum absolute atomic E-state index is 0.0699. The number of carbonyl (C=O) groups is 1. The van der Waals surface area contributed by atoms with Crippen molar-refractivity contribution in [1.29, 1.82) is 0 Å². The molecule has 0 aliphatic carbocycles. The van der Waals surface area contributed by atoms with Gasteiger partial charge in [0.2, 0.25) is 15.9 Å². The molecule has 1 N–H and O–H groups in total. The lowest BCUT2D eigenvalue weighted by molar-refractivity contribution is -0.120. The minimum atomic E-state index is -3.83. The van der Waals surface area contributed by atoms with E-state index in [9.17, 15) is 13.2 Å². The van der Waals surface area contributed by atoms with Crippen molar-refractivity contribution in [3.05, 3.63) is 71.1 Å². The number of hydrogen-bond donors (Lipinski definition) is 1. The molecule has 0 spiro atoms. The fourth-order valence-electron chi connectivity index (χ4n) is 5.40. The van der Waals surface area contributed by atoms with E-state index in [4.69, 9.17) is 4.52 Å². The summed E-state index contributed by atoms with van der Waals surface area (Å²) < 4.78 is 34.0. The van der Waals surface area contributed by atoms with Gasteiger partial charge in [-0.05, 0) is 81.4 Å². The SMILES string of the molecule is Cc1ccc(C=Cc2onc(C)c2S(=O)(=O)N2CCC(C(=O)Nc3ccc(N4CCC(C)CC4)cc3)CC2)cc1.